The number of halogens is 1. The monoisotopic (exact) mass is 410 g/mol. The molecule has 1 aliphatic heterocycles. The summed E-state index contributed by atoms with van der Waals surface area (Å²) in [5.41, 5.74) is 2.57. The molecule has 6 nitrogen and oxygen atoms in total. The van der Waals surface area contributed by atoms with Gasteiger partial charge >= 0.3 is 0 Å². The lowest BCUT2D eigenvalue weighted by Crippen LogP contribution is -2.28. The third-order valence-electron chi connectivity index (χ3n) is 5.03. The van der Waals surface area contributed by atoms with Crippen LogP contribution in [0, 0.1) is 0 Å². The topological polar surface area (TPSA) is 69.0 Å². The van der Waals surface area contributed by atoms with Crippen LogP contribution in [0.1, 0.15) is 18.4 Å². The molecule has 0 saturated carbocycles. The highest BCUT2D eigenvalue weighted by molar-refractivity contribution is 6.30. The van der Waals surface area contributed by atoms with Crippen LogP contribution in [0.15, 0.2) is 59.7 Å². The number of nitrogens with one attached hydrogen (secondary N) is 1. The molecular formula is C22H23ClN4O2. The highest BCUT2D eigenvalue weighted by atomic mass is 35.5. The summed E-state index contributed by atoms with van der Waals surface area (Å²) in [5, 5.41) is 4.07. The van der Waals surface area contributed by atoms with Gasteiger partial charge in [-0.3, -0.25) is 4.79 Å². The molecule has 0 atom stereocenters. The summed E-state index contributed by atoms with van der Waals surface area (Å²) in [6, 6.07) is 13.4. The van der Waals surface area contributed by atoms with Gasteiger partial charge in [-0.2, -0.15) is 0 Å². The van der Waals surface area contributed by atoms with Crippen LogP contribution >= 0.6 is 11.6 Å². The minimum absolute atomic E-state index is 0.0536. The third kappa shape index (κ3) is 5.22. The molecule has 1 aliphatic rings. The summed E-state index contributed by atoms with van der Waals surface area (Å²) in [4.78, 5) is 21.5. The number of benzene rings is 1. The highest BCUT2D eigenvalue weighted by Crippen LogP contribution is 2.18. The van der Waals surface area contributed by atoms with E-state index in [9.17, 15) is 4.79 Å². The summed E-state index contributed by atoms with van der Waals surface area (Å²) in [7, 11) is 0. The molecule has 1 saturated heterocycles. The van der Waals surface area contributed by atoms with Gasteiger partial charge in [0.1, 0.15) is 0 Å². The Labute approximate surface area is 174 Å². The molecule has 4 rings (SSSR count). The third-order valence-corrected chi connectivity index (χ3v) is 5.27. The van der Waals surface area contributed by atoms with Gasteiger partial charge in [-0.05, 0) is 49.1 Å². The van der Waals surface area contributed by atoms with Crippen molar-refractivity contribution in [3.05, 3.63) is 75.8 Å². The Morgan fingerprint density at radius 2 is 2.03 bits per heavy atom. The number of hydrogen-bond donors (Lipinski definition) is 1. The second-order valence-corrected chi connectivity index (χ2v) is 7.56. The maximum Gasteiger partial charge on any atom is 0.251 e. The molecule has 0 bridgehead atoms. The first-order valence-electron chi connectivity index (χ1n) is 9.80. The van der Waals surface area contributed by atoms with E-state index in [1.807, 2.05) is 42.6 Å². The molecule has 0 unspecified atom stereocenters. The fourth-order valence-electron chi connectivity index (χ4n) is 3.41. The van der Waals surface area contributed by atoms with Crippen LogP contribution in [-0.2, 0) is 17.7 Å². The van der Waals surface area contributed by atoms with Crippen LogP contribution in [0.5, 0.6) is 0 Å². The van der Waals surface area contributed by atoms with Crippen molar-refractivity contribution < 1.29 is 4.74 Å². The standard InChI is InChI=1S/C22H23ClN4O2/c23-18-3-1-2-16(14-18)5-10-27-11-6-17(15-21(27)28)20-4-9-24-22(26-20)25-19-7-12-29-13-8-19/h1-4,6,9,11,14-15,19H,5,7-8,10,12-13H2,(H,24,25,26). The molecule has 2 aromatic heterocycles. The van der Waals surface area contributed by atoms with Crippen molar-refractivity contribution in [2.45, 2.75) is 31.8 Å². The van der Waals surface area contributed by atoms with Gasteiger partial charge in [0, 0.05) is 54.8 Å². The Bertz CT molecular complexity index is 1030. The van der Waals surface area contributed by atoms with E-state index in [1.165, 1.54) is 0 Å². The Morgan fingerprint density at radius 1 is 1.17 bits per heavy atom. The van der Waals surface area contributed by atoms with Crippen molar-refractivity contribution in [1.82, 2.24) is 14.5 Å². The van der Waals surface area contributed by atoms with E-state index >= 15 is 0 Å². The Hall–Kier alpha value is -2.70. The lowest BCUT2D eigenvalue weighted by Gasteiger charge is -2.23. The van der Waals surface area contributed by atoms with Crippen LogP contribution in [0.3, 0.4) is 0 Å². The molecule has 1 fully saturated rings. The fraction of sp³-hybridized carbons (Fsp3) is 0.318. The first-order valence-corrected chi connectivity index (χ1v) is 10.2. The molecule has 3 heterocycles. The minimum atomic E-state index is -0.0536. The van der Waals surface area contributed by atoms with E-state index in [4.69, 9.17) is 16.3 Å². The zero-order chi connectivity index (χ0) is 20.1. The summed E-state index contributed by atoms with van der Waals surface area (Å²) < 4.78 is 7.09. The number of pyridine rings is 1. The Balaban J connectivity index is 1.46. The number of ether oxygens (including phenoxy) is 1. The molecule has 7 heteroatoms. The van der Waals surface area contributed by atoms with Gasteiger partial charge in [0.05, 0.1) is 5.69 Å². The van der Waals surface area contributed by atoms with E-state index in [2.05, 4.69) is 15.3 Å². The molecule has 150 valence electrons. The lowest BCUT2D eigenvalue weighted by molar-refractivity contribution is 0.0903. The fourth-order valence-corrected chi connectivity index (χ4v) is 3.62. The van der Waals surface area contributed by atoms with Gasteiger partial charge in [0.15, 0.2) is 0 Å². The number of aryl methyl sites for hydroxylation is 2. The van der Waals surface area contributed by atoms with Gasteiger partial charge < -0.3 is 14.6 Å². The molecule has 29 heavy (non-hydrogen) atoms. The molecule has 1 N–H and O–H groups in total. The van der Waals surface area contributed by atoms with Crippen LogP contribution in [-0.4, -0.2) is 33.8 Å². The normalized spacial score (nSPS) is 14.7. The van der Waals surface area contributed by atoms with E-state index < -0.39 is 0 Å². The van der Waals surface area contributed by atoms with Gasteiger partial charge in [0.2, 0.25) is 5.95 Å². The zero-order valence-corrected chi connectivity index (χ0v) is 16.8. The van der Waals surface area contributed by atoms with Gasteiger partial charge in [-0.25, -0.2) is 9.97 Å². The molecule has 0 spiro atoms. The van der Waals surface area contributed by atoms with Gasteiger partial charge in [-0.1, -0.05) is 23.7 Å². The quantitative estimate of drug-likeness (QED) is 0.669. The van der Waals surface area contributed by atoms with E-state index in [0.29, 0.717) is 23.6 Å². The van der Waals surface area contributed by atoms with E-state index in [0.717, 1.165) is 49.3 Å². The first kappa shape index (κ1) is 19.6. The molecular weight excluding hydrogens is 388 g/mol. The number of anilines is 1. The van der Waals surface area contributed by atoms with Crippen LogP contribution in [0.2, 0.25) is 5.02 Å². The summed E-state index contributed by atoms with van der Waals surface area (Å²) in [5.74, 6) is 0.583. The largest absolute Gasteiger partial charge is 0.381 e. The van der Waals surface area contributed by atoms with Gasteiger partial charge in [0.25, 0.3) is 5.56 Å². The maximum atomic E-state index is 12.6. The van der Waals surface area contributed by atoms with Crippen molar-refractivity contribution in [3.8, 4) is 11.3 Å². The van der Waals surface area contributed by atoms with Crippen molar-refractivity contribution >= 4 is 17.5 Å². The summed E-state index contributed by atoms with van der Waals surface area (Å²) >= 11 is 6.03. The van der Waals surface area contributed by atoms with Gasteiger partial charge in [-0.15, -0.1) is 0 Å². The molecule has 3 aromatic rings. The number of nitrogens with zero attached hydrogens (tertiary/aromatic N) is 3. The molecule has 0 amide bonds. The average Bonchev–Trinajstić information content (AvgIpc) is 2.74. The zero-order valence-electron chi connectivity index (χ0n) is 16.1. The average molecular weight is 411 g/mol. The summed E-state index contributed by atoms with van der Waals surface area (Å²) in [6.07, 6.45) is 6.16. The Kier molecular flexibility index (Phi) is 6.22. The summed E-state index contributed by atoms with van der Waals surface area (Å²) in [6.45, 7) is 2.11. The molecule has 0 radical (unpaired) electrons. The second kappa shape index (κ2) is 9.20. The van der Waals surface area contributed by atoms with Crippen molar-refractivity contribution in [2.24, 2.45) is 0 Å². The molecule has 1 aromatic carbocycles. The smallest absolute Gasteiger partial charge is 0.251 e. The molecule has 0 aliphatic carbocycles. The van der Waals surface area contributed by atoms with E-state index in [1.54, 1.807) is 16.8 Å². The SMILES string of the molecule is O=c1cc(-c2ccnc(NC3CCOCC3)n2)ccn1CCc1cccc(Cl)c1. The number of hydrogen-bond acceptors (Lipinski definition) is 5. The van der Waals surface area contributed by atoms with Crippen molar-refractivity contribution in [1.29, 1.82) is 0 Å². The lowest BCUT2D eigenvalue weighted by atomic mass is 10.1. The van der Waals surface area contributed by atoms with E-state index in [-0.39, 0.29) is 5.56 Å². The minimum Gasteiger partial charge on any atom is -0.381 e. The van der Waals surface area contributed by atoms with Crippen LogP contribution < -0.4 is 10.9 Å². The van der Waals surface area contributed by atoms with Crippen molar-refractivity contribution in [3.63, 3.8) is 0 Å². The second-order valence-electron chi connectivity index (χ2n) is 7.12. The number of aromatic nitrogens is 3. The Morgan fingerprint density at radius 3 is 2.83 bits per heavy atom. The van der Waals surface area contributed by atoms with Crippen LogP contribution in [0.4, 0.5) is 5.95 Å². The predicted molar refractivity (Wildman–Crippen MR) is 114 cm³/mol. The predicted octanol–water partition coefficient (Wildman–Crippen LogP) is 3.79. The van der Waals surface area contributed by atoms with Crippen LogP contribution in [0.25, 0.3) is 11.3 Å². The first-order chi connectivity index (χ1) is 14.2. The maximum absolute atomic E-state index is 12.6. The number of rotatable bonds is 6. The highest BCUT2D eigenvalue weighted by Gasteiger charge is 2.15. The van der Waals surface area contributed by atoms with Crippen molar-refractivity contribution in [2.75, 3.05) is 18.5 Å².